The van der Waals surface area contributed by atoms with E-state index in [1.807, 2.05) is 0 Å². The molecule has 0 N–H and O–H groups in total. The first kappa shape index (κ1) is 22.8. The molecule has 2 atom stereocenters. The number of furan rings is 1. The van der Waals surface area contributed by atoms with Crippen LogP contribution in [0.3, 0.4) is 0 Å². The molecular weight excluding hydrogens is 398 g/mol. The van der Waals surface area contributed by atoms with E-state index in [1.54, 1.807) is 7.11 Å². The Balaban J connectivity index is 1.96. The molecule has 0 aliphatic carbocycles. The summed E-state index contributed by atoms with van der Waals surface area (Å²) in [5.74, 6) is 1.60. The first-order valence-electron chi connectivity index (χ1n) is 10.9. The van der Waals surface area contributed by atoms with E-state index in [-0.39, 0.29) is 22.9 Å². The number of carbonyl (C=O) groups is 1. The van der Waals surface area contributed by atoms with Gasteiger partial charge >= 0.3 is 0 Å². The van der Waals surface area contributed by atoms with Crippen molar-refractivity contribution in [1.82, 2.24) is 4.90 Å². The largest absolute Gasteiger partial charge is 0.469 e. The molecule has 29 heavy (non-hydrogen) atoms. The summed E-state index contributed by atoms with van der Waals surface area (Å²) in [6.07, 6.45) is 2.65. The summed E-state index contributed by atoms with van der Waals surface area (Å²) in [7, 11) is -2.03. The van der Waals surface area contributed by atoms with E-state index in [9.17, 15) is 4.79 Å². The van der Waals surface area contributed by atoms with Gasteiger partial charge in [0.15, 0.2) is 14.1 Å². The third kappa shape index (κ3) is 4.16. The zero-order valence-corrected chi connectivity index (χ0v) is 21.8. The topological polar surface area (TPSA) is 51.9 Å². The van der Waals surface area contributed by atoms with Gasteiger partial charge in [-0.15, -0.1) is 0 Å². The Bertz CT molecular complexity index is 773. The quantitative estimate of drug-likeness (QED) is 0.610. The van der Waals surface area contributed by atoms with Crippen molar-refractivity contribution in [3.63, 3.8) is 0 Å². The van der Waals surface area contributed by atoms with Crippen molar-refractivity contribution in [3.8, 4) is 5.95 Å². The Kier molecular flexibility index (Phi) is 6.02. The third-order valence-corrected chi connectivity index (χ3v) is 13.5. The highest BCUT2D eigenvalue weighted by Crippen LogP contribution is 2.43. The zero-order chi connectivity index (χ0) is 21.8. The molecule has 0 spiro atoms. The number of methoxy groups -OCH3 is 1. The predicted molar refractivity (Wildman–Crippen MR) is 123 cm³/mol. The van der Waals surface area contributed by atoms with Crippen molar-refractivity contribution in [2.75, 3.05) is 20.3 Å². The molecule has 2 aliphatic heterocycles. The van der Waals surface area contributed by atoms with Crippen molar-refractivity contribution < 1.29 is 18.4 Å². The van der Waals surface area contributed by atoms with Crippen LogP contribution in [0.2, 0.25) is 37.8 Å². The first-order valence-corrected chi connectivity index (χ1v) is 17.3. The maximum atomic E-state index is 13.5. The average Bonchev–Trinajstić information content (AvgIpc) is 3.18. The summed E-state index contributed by atoms with van der Waals surface area (Å²) in [6.45, 7) is 19.7. The van der Waals surface area contributed by atoms with Crippen molar-refractivity contribution in [2.24, 2.45) is 0 Å². The van der Waals surface area contributed by atoms with E-state index in [0.29, 0.717) is 19.0 Å². The van der Waals surface area contributed by atoms with Crippen molar-refractivity contribution in [2.45, 2.75) is 89.9 Å². The summed E-state index contributed by atoms with van der Waals surface area (Å²) in [5, 5.41) is 1.22. The Labute approximate surface area is 178 Å². The standard InChI is InChI=1S/C22H39NO4Si2/c1-22(2,3)29(8,9)26-14-15-13-17(24)18-19(16-11-10-12-23(15)16)27-21(25-4)20(18)28(5,6)7/h15-16H,10-14H2,1-9H3. The molecule has 2 aliphatic rings. The fraction of sp³-hybridized carbons (Fsp3) is 0.773. The molecule has 1 saturated heterocycles. The van der Waals surface area contributed by atoms with Gasteiger partial charge in [0.05, 0.1) is 26.8 Å². The fourth-order valence-electron chi connectivity index (χ4n) is 4.38. The fourth-order valence-corrected chi connectivity index (χ4v) is 7.20. The van der Waals surface area contributed by atoms with Crippen LogP contribution < -0.4 is 9.92 Å². The number of fused-ring (bicyclic) bond motifs is 3. The van der Waals surface area contributed by atoms with Crippen LogP contribution in [0.25, 0.3) is 0 Å². The second-order valence-electron chi connectivity index (χ2n) is 11.2. The lowest BCUT2D eigenvalue weighted by atomic mass is 10.0. The normalized spacial score (nSPS) is 23.7. The summed E-state index contributed by atoms with van der Waals surface area (Å²) in [4.78, 5) is 16.0. The van der Waals surface area contributed by atoms with Gasteiger partial charge < -0.3 is 13.6 Å². The van der Waals surface area contributed by atoms with Crippen LogP contribution >= 0.6 is 0 Å². The molecule has 7 heteroatoms. The lowest BCUT2D eigenvalue weighted by Gasteiger charge is -2.39. The van der Waals surface area contributed by atoms with Crippen molar-refractivity contribution >= 4 is 27.4 Å². The van der Waals surface area contributed by atoms with Crippen LogP contribution in [0.4, 0.5) is 0 Å². The Hall–Kier alpha value is -0.896. The minimum absolute atomic E-state index is 0.118. The molecule has 1 fully saturated rings. The van der Waals surface area contributed by atoms with Gasteiger partial charge in [0.1, 0.15) is 5.76 Å². The maximum absolute atomic E-state index is 13.5. The van der Waals surface area contributed by atoms with Gasteiger partial charge in [-0.05, 0) is 37.5 Å². The van der Waals surface area contributed by atoms with Crippen LogP contribution in [-0.4, -0.2) is 53.4 Å². The van der Waals surface area contributed by atoms with E-state index in [4.69, 9.17) is 13.6 Å². The van der Waals surface area contributed by atoms with Crippen LogP contribution in [0.15, 0.2) is 4.42 Å². The molecule has 0 saturated carbocycles. The number of ether oxygens (including phenoxy) is 1. The smallest absolute Gasteiger partial charge is 0.284 e. The van der Waals surface area contributed by atoms with Gasteiger partial charge in [0.25, 0.3) is 5.95 Å². The molecule has 0 bridgehead atoms. The van der Waals surface area contributed by atoms with Gasteiger partial charge in [-0.3, -0.25) is 9.69 Å². The molecule has 164 valence electrons. The zero-order valence-electron chi connectivity index (χ0n) is 19.8. The number of Topliss-reactive ketones (excluding diaryl/α,β-unsaturated/α-hetero) is 1. The first-order chi connectivity index (χ1) is 13.3. The van der Waals surface area contributed by atoms with Crippen LogP contribution in [0, 0.1) is 0 Å². The molecule has 0 radical (unpaired) electrons. The Morgan fingerprint density at radius 3 is 2.38 bits per heavy atom. The predicted octanol–water partition coefficient (Wildman–Crippen LogP) is 4.95. The molecular formula is C22H39NO4Si2. The Morgan fingerprint density at radius 1 is 1.17 bits per heavy atom. The second-order valence-corrected chi connectivity index (χ2v) is 21.0. The average molecular weight is 438 g/mol. The molecule has 3 heterocycles. The van der Waals surface area contributed by atoms with Gasteiger partial charge in [-0.1, -0.05) is 40.4 Å². The number of rotatable bonds is 5. The van der Waals surface area contributed by atoms with E-state index in [1.165, 1.54) is 0 Å². The van der Waals surface area contributed by atoms with E-state index in [2.05, 4.69) is 58.4 Å². The highest BCUT2D eigenvalue weighted by Gasteiger charge is 2.46. The summed E-state index contributed by atoms with van der Waals surface area (Å²) >= 11 is 0. The molecule has 2 unspecified atom stereocenters. The van der Waals surface area contributed by atoms with E-state index in [0.717, 1.165) is 35.9 Å². The number of hydrogen-bond donors (Lipinski definition) is 0. The molecule has 1 aromatic rings. The highest BCUT2D eigenvalue weighted by atomic mass is 28.4. The molecule has 3 rings (SSSR count). The second kappa shape index (κ2) is 7.66. The third-order valence-electron chi connectivity index (χ3n) is 7.05. The van der Waals surface area contributed by atoms with Crippen molar-refractivity contribution in [1.29, 1.82) is 0 Å². The maximum Gasteiger partial charge on any atom is 0.284 e. The Morgan fingerprint density at radius 2 is 1.83 bits per heavy atom. The molecule has 0 aromatic carbocycles. The molecule has 5 nitrogen and oxygen atoms in total. The van der Waals surface area contributed by atoms with E-state index < -0.39 is 16.4 Å². The van der Waals surface area contributed by atoms with Gasteiger partial charge in [0, 0.05) is 24.3 Å². The van der Waals surface area contributed by atoms with Crippen LogP contribution in [0.5, 0.6) is 5.95 Å². The van der Waals surface area contributed by atoms with Crippen LogP contribution in [0.1, 0.15) is 62.2 Å². The van der Waals surface area contributed by atoms with Crippen molar-refractivity contribution in [3.05, 3.63) is 11.3 Å². The minimum atomic E-state index is -1.87. The lowest BCUT2D eigenvalue weighted by Crippen LogP contribution is -2.46. The summed E-state index contributed by atoms with van der Waals surface area (Å²) < 4.78 is 18.4. The minimum Gasteiger partial charge on any atom is -0.469 e. The highest BCUT2D eigenvalue weighted by molar-refractivity contribution is 6.90. The number of hydrogen-bond acceptors (Lipinski definition) is 5. The SMILES string of the molecule is COc1oc2c(c1[Si](C)(C)C)C(=O)CC(CO[Si](C)(C)C(C)(C)C)N1CCCC21. The summed E-state index contributed by atoms with van der Waals surface area (Å²) in [6, 6.07) is 0.274. The molecule has 1 aromatic heterocycles. The molecule has 0 amide bonds. The monoisotopic (exact) mass is 437 g/mol. The number of nitrogens with zero attached hydrogens (tertiary/aromatic N) is 1. The van der Waals surface area contributed by atoms with Gasteiger partial charge in [0.2, 0.25) is 0 Å². The van der Waals surface area contributed by atoms with Gasteiger partial charge in [-0.2, -0.15) is 0 Å². The summed E-state index contributed by atoms with van der Waals surface area (Å²) in [5.41, 5.74) is 0.827. The number of carbonyl (C=O) groups excluding carboxylic acids is 1. The number of ketones is 1. The van der Waals surface area contributed by atoms with Gasteiger partial charge in [-0.25, -0.2) is 0 Å². The van der Waals surface area contributed by atoms with Crippen LogP contribution in [-0.2, 0) is 4.43 Å². The van der Waals surface area contributed by atoms with E-state index >= 15 is 0 Å². The lowest BCUT2D eigenvalue weighted by molar-refractivity contribution is 0.0827.